The summed E-state index contributed by atoms with van der Waals surface area (Å²) < 4.78 is 16.2. The molecule has 0 aromatic heterocycles. The molecule has 6 heteroatoms. The van der Waals surface area contributed by atoms with Gasteiger partial charge in [0.1, 0.15) is 5.76 Å². The van der Waals surface area contributed by atoms with Crippen molar-refractivity contribution in [3.63, 3.8) is 0 Å². The number of allylic oxidation sites excluding steroid dienone is 1. The second-order valence-electron chi connectivity index (χ2n) is 7.46. The zero-order chi connectivity index (χ0) is 20.3. The number of aliphatic imine (C=N–C) groups is 1. The second kappa shape index (κ2) is 8.27. The molecule has 0 bridgehead atoms. The largest absolute Gasteiger partial charge is 0.513 e. The maximum atomic E-state index is 12.8. The smallest absolute Gasteiger partial charge is 0.434 e. The number of benzene rings is 1. The van der Waals surface area contributed by atoms with Crippen molar-refractivity contribution < 1.29 is 23.8 Å². The molecular formula is C22H27NO5. The van der Waals surface area contributed by atoms with Crippen molar-refractivity contribution in [2.75, 3.05) is 13.7 Å². The van der Waals surface area contributed by atoms with Crippen LogP contribution >= 0.6 is 0 Å². The van der Waals surface area contributed by atoms with E-state index in [1.54, 1.807) is 20.2 Å². The van der Waals surface area contributed by atoms with E-state index in [1.807, 2.05) is 32.0 Å². The van der Waals surface area contributed by atoms with Gasteiger partial charge < -0.3 is 14.2 Å². The molecule has 0 radical (unpaired) electrons. The number of rotatable bonds is 4. The van der Waals surface area contributed by atoms with Gasteiger partial charge in [0, 0.05) is 13.3 Å². The van der Waals surface area contributed by atoms with Crippen LogP contribution in [0.3, 0.4) is 0 Å². The molecule has 28 heavy (non-hydrogen) atoms. The van der Waals surface area contributed by atoms with Crippen molar-refractivity contribution in [1.29, 1.82) is 0 Å². The number of methoxy groups -OCH3 is 1. The van der Waals surface area contributed by atoms with Gasteiger partial charge in [-0.15, -0.1) is 0 Å². The molecule has 0 atom stereocenters. The predicted octanol–water partition coefficient (Wildman–Crippen LogP) is 4.37. The van der Waals surface area contributed by atoms with E-state index < -0.39 is 17.5 Å². The summed E-state index contributed by atoms with van der Waals surface area (Å²) in [5.41, 5.74) is 2.43. The summed E-state index contributed by atoms with van der Waals surface area (Å²) in [6.07, 6.45) is 3.99. The summed E-state index contributed by atoms with van der Waals surface area (Å²) in [6.45, 7) is 5.81. The highest BCUT2D eigenvalue weighted by molar-refractivity contribution is 6.25. The highest BCUT2D eigenvalue weighted by Gasteiger charge is 2.45. The highest BCUT2D eigenvalue weighted by atomic mass is 16.7. The molecule has 1 aliphatic heterocycles. The Morgan fingerprint density at radius 1 is 1.25 bits per heavy atom. The topological polar surface area (TPSA) is 74.2 Å². The van der Waals surface area contributed by atoms with Crippen LogP contribution in [0.5, 0.6) is 0 Å². The molecule has 3 rings (SSSR count). The van der Waals surface area contributed by atoms with E-state index in [2.05, 4.69) is 4.99 Å². The summed E-state index contributed by atoms with van der Waals surface area (Å²) in [7, 11) is 1.70. The van der Waals surface area contributed by atoms with Crippen molar-refractivity contribution in [3.8, 4) is 0 Å². The fourth-order valence-electron chi connectivity index (χ4n) is 3.98. The van der Waals surface area contributed by atoms with Crippen LogP contribution in [0, 0.1) is 19.3 Å². The zero-order valence-electron chi connectivity index (χ0n) is 16.9. The first-order valence-electron chi connectivity index (χ1n) is 9.69. The summed E-state index contributed by atoms with van der Waals surface area (Å²) in [5, 5.41) is 0. The summed E-state index contributed by atoms with van der Waals surface area (Å²) in [6, 6.07) is 5.88. The lowest BCUT2D eigenvalue weighted by Crippen LogP contribution is -2.38. The van der Waals surface area contributed by atoms with Crippen LogP contribution in [-0.4, -0.2) is 38.1 Å². The number of aryl methyl sites for hydroxylation is 2. The van der Waals surface area contributed by atoms with Gasteiger partial charge in [-0.1, -0.05) is 23.8 Å². The van der Waals surface area contributed by atoms with Gasteiger partial charge in [0.2, 0.25) is 0 Å². The van der Waals surface area contributed by atoms with Gasteiger partial charge in [0.05, 0.1) is 23.7 Å². The lowest BCUT2D eigenvalue weighted by atomic mass is 9.69. The first-order valence-corrected chi connectivity index (χ1v) is 9.69. The Bertz CT molecular complexity index is 831. The Kier molecular flexibility index (Phi) is 5.98. The number of carbonyl (C=O) groups is 2. The Morgan fingerprint density at radius 3 is 2.61 bits per heavy atom. The molecule has 1 heterocycles. The van der Waals surface area contributed by atoms with Gasteiger partial charge in [-0.3, -0.25) is 4.79 Å². The zero-order valence-corrected chi connectivity index (χ0v) is 16.9. The van der Waals surface area contributed by atoms with Gasteiger partial charge in [-0.25, -0.2) is 9.79 Å². The molecule has 0 saturated heterocycles. The van der Waals surface area contributed by atoms with E-state index >= 15 is 0 Å². The molecule has 150 valence electrons. The number of carbonyl (C=O) groups excluding carboxylic acids is 2. The van der Waals surface area contributed by atoms with Crippen LogP contribution < -0.4 is 0 Å². The van der Waals surface area contributed by atoms with E-state index in [9.17, 15) is 9.59 Å². The molecule has 1 aromatic rings. The maximum Gasteiger partial charge on any atom is 0.513 e. The lowest BCUT2D eigenvalue weighted by molar-refractivity contribution is -0.113. The van der Waals surface area contributed by atoms with Gasteiger partial charge >= 0.3 is 6.16 Å². The maximum absolute atomic E-state index is 12.8. The molecule has 1 aliphatic carbocycles. The highest BCUT2D eigenvalue weighted by Crippen LogP contribution is 2.47. The second-order valence-corrected chi connectivity index (χ2v) is 7.46. The van der Waals surface area contributed by atoms with E-state index in [0.29, 0.717) is 24.2 Å². The van der Waals surface area contributed by atoms with Crippen LogP contribution in [0.1, 0.15) is 49.3 Å². The minimum Gasteiger partial charge on any atom is -0.434 e. The monoisotopic (exact) mass is 385 g/mol. The Balaban J connectivity index is 2.14. The Labute approximate surface area is 165 Å². The Hall–Kier alpha value is -2.47. The average Bonchev–Trinajstić information content (AvgIpc) is 2.68. The number of dihydropyridines is 1. The third-order valence-electron chi connectivity index (χ3n) is 5.59. The molecule has 1 spiro atoms. The molecule has 2 aliphatic rings. The summed E-state index contributed by atoms with van der Waals surface area (Å²) in [4.78, 5) is 29.3. The molecular weight excluding hydrogens is 358 g/mol. The summed E-state index contributed by atoms with van der Waals surface area (Å²) in [5.74, 6) is -0.0401. The minimum atomic E-state index is -0.795. The van der Waals surface area contributed by atoms with Crippen molar-refractivity contribution >= 4 is 23.9 Å². The Morgan fingerprint density at radius 2 is 1.96 bits per heavy atom. The molecule has 0 unspecified atom stereocenters. The third kappa shape index (κ3) is 3.87. The molecule has 6 nitrogen and oxygen atoms in total. The van der Waals surface area contributed by atoms with Crippen LogP contribution in [0.2, 0.25) is 0 Å². The predicted molar refractivity (Wildman–Crippen MR) is 106 cm³/mol. The first-order chi connectivity index (χ1) is 13.4. The van der Waals surface area contributed by atoms with E-state index in [4.69, 9.17) is 14.2 Å². The van der Waals surface area contributed by atoms with Crippen LogP contribution in [0.15, 0.2) is 29.0 Å². The fourth-order valence-corrected chi connectivity index (χ4v) is 3.98. The van der Waals surface area contributed by atoms with E-state index in [0.717, 1.165) is 29.5 Å². The van der Waals surface area contributed by atoms with Gasteiger partial charge in [-0.05, 0) is 57.6 Å². The van der Waals surface area contributed by atoms with Gasteiger partial charge in [0.15, 0.2) is 0 Å². The number of ether oxygens (including phenoxy) is 3. The van der Waals surface area contributed by atoms with Crippen LogP contribution in [0.4, 0.5) is 4.79 Å². The molecule has 1 fully saturated rings. The number of hydrogen-bond acceptors (Lipinski definition) is 5. The standard InChI is InChI=1S/C22H27NO5/c1-5-27-21(25)28-19-18(17-12-14(2)6-7-15(17)3)20(24)23-13-22(19)10-8-16(26-4)9-11-22/h6-7,12-13,16H,5,8-11H2,1-4H3. The molecule has 1 aromatic carbocycles. The third-order valence-corrected chi connectivity index (χ3v) is 5.59. The number of hydrogen-bond donors (Lipinski definition) is 0. The average molecular weight is 385 g/mol. The van der Waals surface area contributed by atoms with Crippen molar-refractivity contribution in [2.45, 2.75) is 52.6 Å². The lowest BCUT2D eigenvalue weighted by Gasteiger charge is -2.40. The van der Waals surface area contributed by atoms with E-state index in [1.165, 1.54) is 0 Å². The normalized spacial score (nSPS) is 24.6. The first kappa shape index (κ1) is 20.3. The fraction of sp³-hybridized carbons (Fsp3) is 0.500. The van der Waals surface area contributed by atoms with Crippen molar-refractivity contribution in [2.24, 2.45) is 10.4 Å². The SMILES string of the molecule is CCOC(=O)OC1=C(c2cc(C)ccc2C)C(=O)N=CC12CCC(OC)CC2. The van der Waals surface area contributed by atoms with Crippen molar-refractivity contribution in [3.05, 3.63) is 40.6 Å². The molecule has 0 N–H and O–H groups in total. The quantitative estimate of drug-likeness (QED) is 0.719. The molecule has 1 saturated carbocycles. The minimum absolute atomic E-state index is 0.157. The number of nitrogens with zero attached hydrogens (tertiary/aromatic N) is 1. The molecule has 1 amide bonds. The number of amides is 1. The van der Waals surface area contributed by atoms with E-state index in [-0.39, 0.29) is 12.7 Å². The van der Waals surface area contributed by atoms with Crippen LogP contribution in [0.25, 0.3) is 5.57 Å². The van der Waals surface area contributed by atoms with Gasteiger partial charge in [0.25, 0.3) is 5.91 Å². The van der Waals surface area contributed by atoms with Gasteiger partial charge in [-0.2, -0.15) is 0 Å². The summed E-state index contributed by atoms with van der Waals surface area (Å²) >= 11 is 0. The van der Waals surface area contributed by atoms with Crippen molar-refractivity contribution in [1.82, 2.24) is 0 Å². The van der Waals surface area contributed by atoms with Crippen LogP contribution in [-0.2, 0) is 19.0 Å².